The standard InChI is InChI=1S/C14H14INO4/c1-19-11-4-3-9(13(6-11)20-2)7-16-8-10(15)5-12(16)14(17)18/h3-6,8H,7H2,1-2H3,(H,17,18). The Labute approximate surface area is 130 Å². The fourth-order valence-electron chi connectivity index (χ4n) is 1.95. The first kappa shape index (κ1) is 14.7. The number of carboxylic acids is 1. The Hall–Kier alpha value is -1.70. The van der Waals surface area contributed by atoms with Gasteiger partial charge in [0.25, 0.3) is 0 Å². The number of carbonyl (C=O) groups is 1. The second-order valence-electron chi connectivity index (χ2n) is 4.15. The molecule has 0 aliphatic carbocycles. The lowest BCUT2D eigenvalue weighted by Crippen LogP contribution is -2.09. The largest absolute Gasteiger partial charge is 0.497 e. The average Bonchev–Trinajstić information content (AvgIpc) is 2.80. The molecule has 0 bridgehead atoms. The molecule has 0 atom stereocenters. The van der Waals surface area contributed by atoms with Crippen molar-refractivity contribution >= 4 is 28.6 Å². The Balaban J connectivity index is 2.37. The number of hydrogen-bond acceptors (Lipinski definition) is 3. The fourth-order valence-corrected chi connectivity index (χ4v) is 2.58. The number of carboxylic acid groups (broad SMARTS) is 1. The molecular weight excluding hydrogens is 373 g/mol. The second-order valence-corrected chi connectivity index (χ2v) is 5.40. The molecule has 2 aromatic rings. The maximum absolute atomic E-state index is 11.2. The summed E-state index contributed by atoms with van der Waals surface area (Å²) in [6.07, 6.45) is 1.80. The number of nitrogens with zero attached hydrogens (tertiary/aromatic N) is 1. The number of methoxy groups -OCH3 is 2. The van der Waals surface area contributed by atoms with Crippen LogP contribution in [0.2, 0.25) is 0 Å². The van der Waals surface area contributed by atoms with E-state index in [-0.39, 0.29) is 5.69 Å². The van der Waals surface area contributed by atoms with Crippen LogP contribution < -0.4 is 9.47 Å². The molecule has 0 aliphatic rings. The molecule has 2 rings (SSSR count). The Morgan fingerprint density at radius 2 is 2.05 bits per heavy atom. The highest BCUT2D eigenvalue weighted by Gasteiger charge is 2.13. The summed E-state index contributed by atoms with van der Waals surface area (Å²) < 4.78 is 13.0. The predicted molar refractivity (Wildman–Crippen MR) is 82.8 cm³/mol. The van der Waals surface area contributed by atoms with E-state index in [2.05, 4.69) is 22.6 Å². The van der Waals surface area contributed by atoms with Crippen LogP contribution in [0.4, 0.5) is 0 Å². The van der Waals surface area contributed by atoms with Gasteiger partial charge in [-0.1, -0.05) is 0 Å². The zero-order valence-electron chi connectivity index (χ0n) is 11.1. The SMILES string of the molecule is COc1ccc(Cn2cc(I)cc2C(=O)O)c(OC)c1. The zero-order valence-corrected chi connectivity index (χ0v) is 13.2. The van der Waals surface area contributed by atoms with E-state index in [4.69, 9.17) is 9.47 Å². The average molecular weight is 387 g/mol. The monoisotopic (exact) mass is 387 g/mol. The van der Waals surface area contributed by atoms with Gasteiger partial charge in [-0.15, -0.1) is 0 Å². The van der Waals surface area contributed by atoms with Crippen molar-refractivity contribution in [3.05, 3.63) is 45.3 Å². The fraction of sp³-hybridized carbons (Fsp3) is 0.214. The molecule has 20 heavy (non-hydrogen) atoms. The Bertz CT molecular complexity index is 636. The number of benzene rings is 1. The van der Waals surface area contributed by atoms with Crippen LogP contribution in [0.15, 0.2) is 30.5 Å². The highest BCUT2D eigenvalue weighted by atomic mass is 127. The minimum absolute atomic E-state index is 0.257. The molecule has 1 aromatic heterocycles. The van der Waals surface area contributed by atoms with E-state index >= 15 is 0 Å². The van der Waals surface area contributed by atoms with Crippen LogP contribution >= 0.6 is 22.6 Å². The van der Waals surface area contributed by atoms with Gasteiger partial charge in [0.15, 0.2) is 0 Å². The lowest BCUT2D eigenvalue weighted by atomic mass is 10.2. The molecule has 106 valence electrons. The molecule has 0 fully saturated rings. The molecule has 0 spiro atoms. The number of rotatable bonds is 5. The summed E-state index contributed by atoms with van der Waals surface area (Å²) in [6.45, 7) is 0.428. The summed E-state index contributed by atoms with van der Waals surface area (Å²) in [4.78, 5) is 11.2. The van der Waals surface area contributed by atoms with Crippen LogP contribution in [-0.4, -0.2) is 29.9 Å². The molecule has 0 unspecified atom stereocenters. The van der Waals surface area contributed by atoms with Crippen molar-refractivity contribution in [2.75, 3.05) is 14.2 Å². The van der Waals surface area contributed by atoms with E-state index in [0.717, 1.165) is 9.13 Å². The third kappa shape index (κ3) is 3.06. The Morgan fingerprint density at radius 1 is 1.30 bits per heavy atom. The van der Waals surface area contributed by atoms with Gasteiger partial charge in [-0.25, -0.2) is 4.79 Å². The normalized spacial score (nSPS) is 10.3. The van der Waals surface area contributed by atoms with Crippen LogP contribution in [-0.2, 0) is 6.54 Å². The van der Waals surface area contributed by atoms with E-state index < -0.39 is 5.97 Å². The van der Waals surface area contributed by atoms with Crippen LogP contribution in [0.1, 0.15) is 16.1 Å². The highest BCUT2D eigenvalue weighted by Crippen LogP contribution is 2.26. The van der Waals surface area contributed by atoms with Gasteiger partial charge >= 0.3 is 5.97 Å². The first-order valence-corrected chi connectivity index (χ1v) is 6.93. The maximum Gasteiger partial charge on any atom is 0.352 e. The molecule has 0 saturated heterocycles. The molecule has 0 radical (unpaired) electrons. The third-order valence-corrected chi connectivity index (χ3v) is 3.51. The smallest absolute Gasteiger partial charge is 0.352 e. The van der Waals surface area contributed by atoms with Gasteiger partial charge in [-0.05, 0) is 40.8 Å². The molecule has 0 amide bonds. The Kier molecular flexibility index (Phi) is 4.53. The minimum Gasteiger partial charge on any atom is -0.497 e. The topological polar surface area (TPSA) is 60.7 Å². The lowest BCUT2D eigenvalue weighted by molar-refractivity contribution is 0.0685. The van der Waals surface area contributed by atoms with Crippen molar-refractivity contribution in [3.63, 3.8) is 0 Å². The van der Waals surface area contributed by atoms with Crippen LogP contribution in [0.3, 0.4) is 0 Å². The molecule has 1 N–H and O–H groups in total. The van der Waals surface area contributed by atoms with E-state index in [9.17, 15) is 9.90 Å². The number of halogens is 1. The van der Waals surface area contributed by atoms with Crippen molar-refractivity contribution in [1.82, 2.24) is 4.57 Å². The maximum atomic E-state index is 11.2. The van der Waals surface area contributed by atoms with Crippen molar-refractivity contribution in [2.24, 2.45) is 0 Å². The first-order chi connectivity index (χ1) is 9.55. The summed E-state index contributed by atoms with van der Waals surface area (Å²) in [5, 5.41) is 9.19. The van der Waals surface area contributed by atoms with Gasteiger partial charge in [0.2, 0.25) is 0 Å². The van der Waals surface area contributed by atoms with Crippen LogP contribution in [0, 0.1) is 3.57 Å². The number of aromatic carboxylic acids is 1. The van der Waals surface area contributed by atoms with Crippen molar-refractivity contribution in [2.45, 2.75) is 6.54 Å². The summed E-state index contributed by atoms with van der Waals surface area (Å²) in [6, 6.07) is 7.12. The summed E-state index contributed by atoms with van der Waals surface area (Å²) in [5.41, 5.74) is 1.15. The molecular formula is C14H14INO4. The van der Waals surface area contributed by atoms with E-state index in [1.165, 1.54) is 0 Å². The zero-order chi connectivity index (χ0) is 14.7. The van der Waals surface area contributed by atoms with Crippen LogP contribution in [0.5, 0.6) is 11.5 Å². The van der Waals surface area contributed by atoms with Crippen molar-refractivity contribution < 1.29 is 19.4 Å². The van der Waals surface area contributed by atoms with Crippen molar-refractivity contribution in [3.8, 4) is 11.5 Å². The molecule has 0 saturated carbocycles. The molecule has 6 heteroatoms. The minimum atomic E-state index is -0.944. The summed E-state index contributed by atoms with van der Waals surface area (Å²) >= 11 is 2.10. The van der Waals surface area contributed by atoms with Gasteiger partial charge in [-0.2, -0.15) is 0 Å². The lowest BCUT2D eigenvalue weighted by Gasteiger charge is -2.12. The summed E-state index contributed by atoms with van der Waals surface area (Å²) in [5.74, 6) is 0.427. The number of hydrogen-bond donors (Lipinski definition) is 1. The quantitative estimate of drug-likeness (QED) is 0.802. The predicted octanol–water partition coefficient (Wildman–Crippen LogP) is 2.86. The van der Waals surface area contributed by atoms with Gasteiger partial charge in [0, 0.05) is 21.4 Å². The third-order valence-electron chi connectivity index (χ3n) is 2.92. The number of ether oxygens (including phenoxy) is 2. The van der Waals surface area contributed by atoms with Crippen molar-refractivity contribution in [1.29, 1.82) is 0 Å². The van der Waals surface area contributed by atoms with Gasteiger partial charge in [-0.3, -0.25) is 0 Å². The van der Waals surface area contributed by atoms with Gasteiger partial charge < -0.3 is 19.1 Å². The first-order valence-electron chi connectivity index (χ1n) is 5.85. The molecule has 1 heterocycles. The molecule has 5 nitrogen and oxygen atoms in total. The van der Waals surface area contributed by atoms with Gasteiger partial charge in [0.1, 0.15) is 17.2 Å². The molecule has 1 aromatic carbocycles. The summed E-state index contributed by atoms with van der Waals surface area (Å²) in [7, 11) is 3.17. The van der Waals surface area contributed by atoms with E-state index in [1.54, 1.807) is 37.1 Å². The van der Waals surface area contributed by atoms with Crippen LogP contribution in [0.25, 0.3) is 0 Å². The van der Waals surface area contributed by atoms with E-state index in [1.807, 2.05) is 12.1 Å². The van der Waals surface area contributed by atoms with Gasteiger partial charge in [0.05, 0.1) is 20.8 Å². The molecule has 0 aliphatic heterocycles. The highest BCUT2D eigenvalue weighted by molar-refractivity contribution is 14.1. The van der Waals surface area contributed by atoms with E-state index in [0.29, 0.717) is 18.0 Å². The Morgan fingerprint density at radius 3 is 2.65 bits per heavy atom. The number of aromatic nitrogens is 1. The second kappa shape index (κ2) is 6.17.